The Morgan fingerprint density at radius 1 is 1.25 bits per heavy atom. The Kier molecular flexibility index (Phi) is 2.88. The summed E-state index contributed by atoms with van der Waals surface area (Å²) in [6, 6.07) is 1.71. The van der Waals surface area contributed by atoms with Crippen molar-refractivity contribution in [2.75, 3.05) is 0 Å². The van der Waals surface area contributed by atoms with Crippen molar-refractivity contribution in [2.45, 2.75) is 37.1 Å². The highest BCUT2D eigenvalue weighted by molar-refractivity contribution is 6.31. The minimum absolute atomic E-state index is 0.178. The van der Waals surface area contributed by atoms with E-state index in [0.717, 1.165) is 5.56 Å². The Labute approximate surface area is 97.8 Å². The van der Waals surface area contributed by atoms with Crippen LogP contribution >= 0.6 is 11.6 Å². The fourth-order valence-corrected chi connectivity index (χ4v) is 2.42. The molecule has 1 fully saturated rings. The molecule has 5 heteroatoms. The summed E-state index contributed by atoms with van der Waals surface area (Å²) >= 11 is 5.99. The first-order valence-electron chi connectivity index (χ1n) is 5.20. The molecule has 2 rings (SSSR count). The van der Waals surface area contributed by atoms with Gasteiger partial charge in [-0.05, 0) is 24.5 Å². The van der Waals surface area contributed by atoms with E-state index < -0.39 is 11.5 Å². The van der Waals surface area contributed by atoms with Gasteiger partial charge in [-0.15, -0.1) is 0 Å². The summed E-state index contributed by atoms with van der Waals surface area (Å²) in [5.74, 6) is -2.58. The van der Waals surface area contributed by atoms with Crippen LogP contribution in [0, 0.1) is 0 Å². The van der Waals surface area contributed by atoms with Crippen LogP contribution in [0.1, 0.15) is 31.2 Å². The number of halogens is 3. The zero-order chi connectivity index (χ0) is 11.8. The van der Waals surface area contributed by atoms with Gasteiger partial charge in [0, 0.05) is 30.8 Å². The van der Waals surface area contributed by atoms with Crippen molar-refractivity contribution in [3.05, 3.63) is 29.0 Å². The lowest BCUT2D eigenvalue weighted by molar-refractivity contribution is -0.0514. The largest absolute Gasteiger partial charge is 0.321 e. The summed E-state index contributed by atoms with van der Waals surface area (Å²) in [6.45, 7) is 0. The summed E-state index contributed by atoms with van der Waals surface area (Å²) in [4.78, 5) is 3.86. The number of nitrogens with two attached hydrogens (primary N) is 1. The lowest BCUT2D eigenvalue weighted by atomic mass is 9.76. The molecular weight excluding hydrogens is 234 g/mol. The van der Waals surface area contributed by atoms with Crippen LogP contribution in [0.15, 0.2) is 18.5 Å². The molecule has 0 saturated heterocycles. The maximum Gasteiger partial charge on any atom is 0.248 e. The second-order valence-corrected chi connectivity index (χ2v) is 4.77. The normalized spacial score (nSPS) is 23.0. The van der Waals surface area contributed by atoms with Crippen molar-refractivity contribution >= 4 is 11.6 Å². The predicted molar refractivity (Wildman–Crippen MR) is 58.5 cm³/mol. The van der Waals surface area contributed by atoms with Gasteiger partial charge in [-0.25, -0.2) is 8.78 Å². The van der Waals surface area contributed by atoms with E-state index in [9.17, 15) is 8.78 Å². The summed E-state index contributed by atoms with van der Waals surface area (Å²) in [7, 11) is 0. The van der Waals surface area contributed by atoms with E-state index in [0.29, 0.717) is 5.02 Å². The first-order valence-corrected chi connectivity index (χ1v) is 5.57. The first-order chi connectivity index (χ1) is 7.43. The SMILES string of the molecule is NC1(c2ccncc2Cl)CCC(F)(F)CC1. The molecule has 1 heterocycles. The quantitative estimate of drug-likeness (QED) is 0.827. The zero-order valence-corrected chi connectivity index (χ0v) is 9.47. The summed E-state index contributed by atoms with van der Waals surface area (Å²) in [5, 5.41) is 0.454. The number of hydrogen-bond acceptors (Lipinski definition) is 2. The zero-order valence-electron chi connectivity index (χ0n) is 8.72. The monoisotopic (exact) mass is 246 g/mol. The fraction of sp³-hybridized carbons (Fsp3) is 0.545. The molecule has 0 atom stereocenters. The van der Waals surface area contributed by atoms with E-state index in [1.165, 1.54) is 6.20 Å². The maximum absolute atomic E-state index is 13.1. The third kappa shape index (κ3) is 2.18. The molecule has 0 radical (unpaired) electrons. The van der Waals surface area contributed by atoms with Crippen LogP contribution in [-0.2, 0) is 5.54 Å². The first kappa shape index (κ1) is 11.7. The Bertz CT molecular complexity index is 385. The molecule has 1 aromatic rings. The highest BCUT2D eigenvalue weighted by Gasteiger charge is 2.42. The molecule has 1 saturated carbocycles. The van der Waals surface area contributed by atoms with E-state index in [1.807, 2.05) is 0 Å². The lowest BCUT2D eigenvalue weighted by Gasteiger charge is -2.37. The molecule has 0 unspecified atom stereocenters. The van der Waals surface area contributed by atoms with Crippen LogP contribution in [0.25, 0.3) is 0 Å². The van der Waals surface area contributed by atoms with Gasteiger partial charge < -0.3 is 5.73 Å². The molecule has 0 spiro atoms. The van der Waals surface area contributed by atoms with E-state index in [4.69, 9.17) is 17.3 Å². The van der Waals surface area contributed by atoms with E-state index >= 15 is 0 Å². The van der Waals surface area contributed by atoms with E-state index in [2.05, 4.69) is 4.98 Å². The molecule has 0 aliphatic heterocycles. The van der Waals surface area contributed by atoms with Gasteiger partial charge in [0.15, 0.2) is 0 Å². The number of aromatic nitrogens is 1. The summed E-state index contributed by atoms with van der Waals surface area (Å²) in [6.07, 6.45) is 3.23. The molecule has 0 amide bonds. The Balaban J connectivity index is 2.25. The third-order valence-corrected chi connectivity index (χ3v) is 3.48. The minimum Gasteiger partial charge on any atom is -0.321 e. The molecule has 1 aliphatic rings. The Morgan fingerprint density at radius 2 is 1.88 bits per heavy atom. The van der Waals surface area contributed by atoms with Crippen molar-refractivity contribution < 1.29 is 8.78 Å². The highest BCUT2D eigenvalue weighted by Crippen LogP contribution is 2.43. The molecule has 2 nitrogen and oxygen atoms in total. The molecule has 1 aromatic heterocycles. The van der Waals surface area contributed by atoms with Gasteiger partial charge in [0.1, 0.15) is 0 Å². The van der Waals surface area contributed by atoms with Gasteiger partial charge in [0.25, 0.3) is 0 Å². The second kappa shape index (κ2) is 3.93. The van der Waals surface area contributed by atoms with E-state index in [-0.39, 0.29) is 25.7 Å². The van der Waals surface area contributed by atoms with Crippen LogP contribution in [-0.4, -0.2) is 10.9 Å². The van der Waals surface area contributed by atoms with Crippen LogP contribution in [0.4, 0.5) is 8.78 Å². The van der Waals surface area contributed by atoms with Gasteiger partial charge in [-0.1, -0.05) is 11.6 Å². The van der Waals surface area contributed by atoms with E-state index in [1.54, 1.807) is 12.3 Å². The molecule has 2 N–H and O–H groups in total. The Morgan fingerprint density at radius 3 is 2.44 bits per heavy atom. The molecule has 16 heavy (non-hydrogen) atoms. The van der Waals surface area contributed by atoms with Gasteiger partial charge in [-0.2, -0.15) is 0 Å². The predicted octanol–water partition coefficient (Wildman–Crippen LogP) is 3.10. The molecule has 0 aromatic carbocycles. The van der Waals surface area contributed by atoms with Crippen molar-refractivity contribution in [1.29, 1.82) is 0 Å². The van der Waals surface area contributed by atoms with Crippen LogP contribution < -0.4 is 5.73 Å². The number of rotatable bonds is 1. The van der Waals surface area contributed by atoms with Crippen molar-refractivity contribution in [3.8, 4) is 0 Å². The molecule has 0 bridgehead atoms. The highest BCUT2D eigenvalue weighted by atomic mass is 35.5. The van der Waals surface area contributed by atoms with Crippen molar-refractivity contribution in [2.24, 2.45) is 5.73 Å². The maximum atomic E-state index is 13.1. The van der Waals surface area contributed by atoms with Crippen LogP contribution in [0.2, 0.25) is 5.02 Å². The topological polar surface area (TPSA) is 38.9 Å². The van der Waals surface area contributed by atoms with Gasteiger partial charge in [0.05, 0.1) is 5.02 Å². The molecule has 1 aliphatic carbocycles. The standard InChI is InChI=1S/C11H13ClF2N2/c12-9-7-16-6-1-8(9)10(15)2-4-11(13,14)5-3-10/h1,6-7H,2-5,15H2. The lowest BCUT2D eigenvalue weighted by Crippen LogP contribution is -2.43. The van der Waals surface area contributed by atoms with Crippen molar-refractivity contribution in [3.63, 3.8) is 0 Å². The second-order valence-electron chi connectivity index (χ2n) is 4.37. The molecular formula is C11H13ClF2N2. The number of hydrogen-bond donors (Lipinski definition) is 1. The number of pyridine rings is 1. The third-order valence-electron chi connectivity index (χ3n) is 3.18. The fourth-order valence-electron chi connectivity index (χ4n) is 2.11. The van der Waals surface area contributed by atoms with Crippen LogP contribution in [0.5, 0.6) is 0 Å². The van der Waals surface area contributed by atoms with Gasteiger partial charge in [-0.3, -0.25) is 4.98 Å². The minimum atomic E-state index is -2.58. The van der Waals surface area contributed by atoms with Crippen molar-refractivity contribution in [1.82, 2.24) is 4.98 Å². The van der Waals surface area contributed by atoms with Gasteiger partial charge in [0.2, 0.25) is 5.92 Å². The van der Waals surface area contributed by atoms with Crippen LogP contribution in [0.3, 0.4) is 0 Å². The molecule has 88 valence electrons. The van der Waals surface area contributed by atoms with Gasteiger partial charge >= 0.3 is 0 Å². The number of nitrogens with zero attached hydrogens (tertiary/aromatic N) is 1. The Hall–Kier alpha value is -0.740. The smallest absolute Gasteiger partial charge is 0.248 e. The average Bonchev–Trinajstić information content (AvgIpc) is 2.24. The number of alkyl halides is 2. The summed E-state index contributed by atoms with van der Waals surface area (Å²) in [5.41, 5.74) is 6.14. The average molecular weight is 247 g/mol. The summed E-state index contributed by atoms with van der Waals surface area (Å²) < 4.78 is 26.1.